The largest absolute Gasteiger partial charge is 0.493 e. The molecule has 8 rings (SSSR count). The predicted molar refractivity (Wildman–Crippen MR) is 156 cm³/mol. The average Bonchev–Trinajstić information content (AvgIpc) is 3.48. The summed E-state index contributed by atoms with van der Waals surface area (Å²) in [5.74, 6) is 2.79. The minimum absolute atomic E-state index is 0.266. The van der Waals surface area contributed by atoms with Crippen molar-refractivity contribution in [3.63, 3.8) is 0 Å². The number of rotatable bonds is 4. The molecule has 1 aliphatic rings. The molecule has 1 aliphatic heterocycles. The minimum atomic E-state index is -0.266. The van der Waals surface area contributed by atoms with Crippen molar-refractivity contribution in [1.29, 1.82) is 0 Å². The van der Waals surface area contributed by atoms with Crippen molar-refractivity contribution in [3.8, 4) is 34.6 Å². The maximum atomic E-state index is 6.46. The monoisotopic (exact) mass is 537 g/mol. The molecule has 4 heterocycles. The van der Waals surface area contributed by atoms with E-state index in [1.807, 2.05) is 66.7 Å². The fraction of sp³-hybridized carbons (Fsp3) is 0.0909. The van der Waals surface area contributed by atoms with Crippen molar-refractivity contribution in [1.82, 2.24) is 24.6 Å². The lowest BCUT2D eigenvalue weighted by Gasteiger charge is -2.29. The zero-order valence-electron chi connectivity index (χ0n) is 22.3. The summed E-state index contributed by atoms with van der Waals surface area (Å²) in [4.78, 5) is 14.5. The van der Waals surface area contributed by atoms with Crippen LogP contribution in [-0.4, -0.2) is 38.8 Å². The van der Waals surface area contributed by atoms with Gasteiger partial charge in [0.15, 0.2) is 17.1 Å². The number of benzene rings is 4. The molecule has 0 saturated heterocycles. The molecule has 3 aromatic heterocycles. The third-order valence-electron chi connectivity index (χ3n) is 7.67. The Balaban J connectivity index is 1.40. The maximum Gasteiger partial charge on any atom is 0.228 e. The molecule has 41 heavy (non-hydrogen) atoms. The molecule has 8 nitrogen and oxygen atoms in total. The molecule has 0 bridgehead atoms. The molecule has 0 unspecified atom stereocenters. The number of aromatic nitrogens is 5. The van der Waals surface area contributed by atoms with E-state index in [4.69, 9.17) is 34.3 Å². The summed E-state index contributed by atoms with van der Waals surface area (Å²) in [6, 6.07) is 30.4. The summed E-state index contributed by atoms with van der Waals surface area (Å²) < 4.78 is 19.4. The lowest BCUT2D eigenvalue weighted by molar-refractivity contribution is 0.354. The molecule has 1 atom stereocenters. The van der Waals surface area contributed by atoms with Gasteiger partial charge >= 0.3 is 0 Å². The van der Waals surface area contributed by atoms with Crippen molar-refractivity contribution in [2.75, 3.05) is 14.2 Å². The Morgan fingerprint density at radius 3 is 2.44 bits per heavy atom. The van der Waals surface area contributed by atoms with Gasteiger partial charge in [-0.2, -0.15) is 0 Å². The number of nitrogens with zero attached hydrogens (tertiary/aromatic N) is 5. The highest BCUT2D eigenvalue weighted by Gasteiger charge is 2.35. The van der Waals surface area contributed by atoms with Crippen LogP contribution in [0.4, 0.5) is 0 Å². The van der Waals surface area contributed by atoms with Gasteiger partial charge in [0, 0.05) is 16.9 Å². The van der Waals surface area contributed by atoms with E-state index < -0.39 is 0 Å². The lowest BCUT2D eigenvalue weighted by atomic mass is 9.81. The van der Waals surface area contributed by atoms with E-state index >= 15 is 0 Å². The first kappa shape index (κ1) is 23.4. The van der Waals surface area contributed by atoms with Crippen LogP contribution in [0, 0.1) is 0 Å². The van der Waals surface area contributed by atoms with Gasteiger partial charge in [0.1, 0.15) is 17.8 Å². The van der Waals surface area contributed by atoms with Crippen molar-refractivity contribution in [3.05, 3.63) is 114 Å². The Bertz CT molecular complexity index is 2140. The maximum absolute atomic E-state index is 6.46. The van der Waals surface area contributed by atoms with E-state index in [0.29, 0.717) is 34.5 Å². The highest BCUT2D eigenvalue weighted by molar-refractivity contribution is 5.91. The van der Waals surface area contributed by atoms with E-state index in [2.05, 4.69) is 24.3 Å². The SMILES string of the molecule is COc1ccc([C@H]2c3c(ccc4ccccc34)Oc3ncn4nc(-c5ccc6ccccc6n5)nc4c32)cc1OC. The zero-order valence-corrected chi connectivity index (χ0v) is 22.3. The van der Waals surface area contributed by atoms with E-state index in [-0.39, 0.29) is 5.92 Å². The van der Waals surface area contributed by atoms with Gasteiger partial charge in [0.2, 0.25) is 11.7 Å². The number of hydrogen-bond acceptors (Lipinski definition) is 7. The van der Waals surface area contributed by atoms with Crippen molar-refractivity contribution in [2.24, 2.45) is 0 Å². The zero-order chi connectivity index (χ0) is 27.5. The summed E-state index contributed by atoms with van der Waals surface area (Å²) in [5, 5.41) is 8.05. The van der Waals surface area contributed by atoms with Crippen LogP contribution in [0.2, 0.25) is 0 Å². The first-order valence-corrected chi connectivity index (χ1v) is 13.2. The summed E-state index contributed by atoms with van der Waals surface area (Å²) in [6.45, 7) is 0. The standard InChI is InChI=1S/C33H23N5O3/c1-39-25-15-13-21(17-27(25)40-2)28-29-22-9-5-3-7-19(22)12-16-26(29)41-33-30(28)32-36-31(37-38(32)18-34-33)24-14-11-20-8-4-6-10-23(20)35-24/h3-18,28H,1-2H3/t28-/m0/s1. The third-order valence-corrected chi connectivity index (χ3v) is 7.67. The van der Waals surface area contributed by atoms with Crippen LogP contribution in [0.25, 0.3) is 38.8 Å². The fourth-order valence-corrected chi connectivity index (χ4v) is 5.77. The van der Waals surface area contributed by atoms with Gasteiger partial charge in [-0.15, -0.1) is 5.10 Å². The van der Waals surface area contributed by atoms with Crippen molar-refractivity contribution < 1.29 is 14.2 Å². The Morgan fingerprint density at radius 2 is 1.56 bits per heavy atom. The van der Waals surface area contributed by atoms with Gasteiger partial charge in [-0.3, -0.25) is 0 Å². The molecule has 0 N–H and O–H groups in total. The molecule has 0 spiro atoms. The topological polar surface area (TPSA) is 83.7 Å². The van der Waals surface area contributed by atoms with Gasteiger partial charge in [0.05, 0.1) is 25.3 Å². The smallest absolute Gasteiger partial charge is 0.228 e. The molecule has 0 saturated carbocycles. The molecule has 7 aromatic rings. The molecule has 0 fully saturated rings. The predicted octanol–water partition coefficient (Wildman–Crippen LogP) is 6.80. The summed E-state index contributed by atoms with van der Waals surface area (Å²) in [5.41, 5.74) is 5.07. The summed E-state index contributed by atoms with van der Waals surface area (Å²) >= 11 is 0. The molecular formula is C33H23N5O3. The molecule has 4 aromatic carbocycles. The van der Waals surface area contributed by atoms with Crippen molar-refractivity contribution >= 4 is 27.3 Å². The second-order valence-corrected chi connectivity index (χ2v) is 9.90. The lowest BCUT2D eigenvalue weighted by Crippen LogP contribution is -2.15. The Kier molecular flexibility index (Phi) is 5.15. The van der Waals surface area contributed by atoms with Gasteiger partial charge in [-0.25, -0.2) is 19.5 Å². The first-order valence-electron chi connectivity index (χ1n) is 13.2. The molecule has 198 valence electrons. The van der Waals surface area contributed by atoms with E-state index in [1.54, 1.807) is 25.1 Å². The van der Waals surface area contributed by atoms with Crippen LogP contribution in [0.3, 0.4) is 0 Å². The Morgan fingerprint density at radius 1 is 0.756 bits per heavy atom. The third kappa shape index (κ3) is 3.61. The highest BCUT2D eigenvalue weighted by Crippen LogP contribution is 2.51. The number of pyridine rings is 1. The average molecular weight is 538 g/mol. The first-order chi connectivity index (χ1) is 20.2. The van der Waals surface area contributed by atoms with Crippen LogP contribution in [0.1, 0.15) is 22.6 Å². The highest BCUT2D eigenvalue weighted by atomic mass is 16.5. The van der Waals surface area contributed by atoms with Crippen LogP contribution in [0.5, 0.6) is 23.1 Å². The molecular weight excluding hydrogens is 514 g/mol. The number of hydrogen-bond donors (Lipinski definition) is 0. The minimum Gasteiger partial charge on any atom is -0.493 e. The molecule has 8 heteroatoms. The van der Waals surface area contributed by atoms with Crippen molar-refractivity contribution in [2.45, 2.75) is 5.92 Å². The summed E-state index contributed by atoms with van der Waals surface area (Å²) in [6.07, 6.45) is 1.64. The molecule has 0 aliphatic carbocycles. The summed E-state index contributed by atoms with van der Waals surface area (Å²) in [7, 11) is 3.28. The van der Waals surface area contributed by atoms with E-state index in [1.165, 1.54) is 0 Å². The van der Waals surface area contributed by atoms with Gasteiger partial charge in [0.25, 0.3) is 0 Å². The normalized spacial score (nSPS) is 14.0. The number of para-hydroxylation sites is 1. The van der Waals surface area contributed by atoms with Gasteiger partial charge in [-0.1, -0.05) is 60.7 Å². The Labute approximate surface area is 234 Å². The number of methoxy groups -OCH3 is 2. The number of ether oxygens (including phenoxy) is 3. The molecule has 0 radical (unpaired) electrons. The quantitative estimate of drug-likeness (QED) is 0.244. The van der Waals surface area contributed by atoms with Gasteiger partial charge < -0.3 is 14.2 Å². The second-order valence-electron chi connectivity index (χ2n) is 9.90. The number of fused-ring (bicyclic) bond motifs is 7. The Hall–Kier alpha value is -5.50. The van der Waals surface area contributed by atoms with Gasteiger partial charge in [-0.05, 0) is 46.7 Å². The molecule has 0 amide bonds. The van der Waals surface area contributed by atoms with Crippen LogP contribution < -0.4 is 14.2 Å². The van der Waals surface area contributed by atoms with E-state index in [0.717, 1.165) is 44.1 Å². The van der Waals surface area contributed by atoms with Crippen LogP contribution in [0.15, 0.2) is 97.3 Å². The van der Waals surface area contributed by atoms with Crippen LogP contribution in [-0.2, 0) is 0 Å². The second kappa shape index (κ2) is 9.02. The fourth-order valence-electron chi connectivity index (χ4n) is 5.77. The van der Waals surface area contributed by atoms with Crippen LogP contribution >= 0.6 is 0 Å². The van der Waals surface area contributed by atoms with E-state index in [9.17, 15) is 0 Å².